The fourth-order valence-corrected chi connectivity index (χ4v) is 9.16. The molecule has 0 aliphatic carbocycles. The first-order valence-electron chi connectivity index (χ1n) is 29.6. The maximum absolute atomic E-state index is 12.5. The third-order valence-electron chi connectivity index (χ3n) is 13.7. The molecule has 3 N–H and O–H groups in total. The molecule has 2 atom stereocenters. The van der Waals surface area contributed by atoms with Gasteiger partial charge in [0.05, 0.1) is 25.4 Å². The van der Waals surface area contributed by atoms with Crippen molar-refractivity contribution in [2.75, 3.05) is 13.2 Å². The summed E-state index contributed by atoms with van der Waals surface area (Å²) in [5.74, 6) is -0.0388. The van der Waals surface area contributed by atoms with Crippen LogP contribution in [0.2, 0.25) is 0 Å². The average molecular weight is 931 g/mol. The lowest BCUT2D eigenvalue weighted by Crippen LogP contribution is -2.45. The van der Waals surface area contributed by atoms with E-state index in [4.69, 9.17) is 4.74 Å². The molecule has 2 unspecified atom stereocenters. The van der Waals surface area contributed by atoms with E-state index in [-0.39, 0.29) is 18.5 Å². The molecular formula is C60H115NO5. The van der Waals surface area contributed by atoms with Gasteiger partial charge in [0.25, 0.3) is 0 Å². The van der Waals surface area contributed by atoms with Gasteiger partial charge in [0.2, 0.25) is 5.91 Å². The van der Waals surface area contributed by atoms with Gasteiger partial charge in [0.1, 0.15) is 0 Å². The number of aliphatic hydroxyl groups excluding tert-OH is 2. The molecule has 0 aromatic rings. The van der Waals surface area contributed by atoms with Crippen LogP contribution in [-0.4, -0.2) is 47.4 Å². The Hall–Kier alpha value is -1.66. The van der Waals surface area contributed by atoms with Gasteiger partial charge in [-0.1, -0.05) is 256 Å². The molecule has 390 valence electrons. The lowest BCUT2D eigenvalue weighted by atomic mass is 10.0. The van der Waals surface area contributed by atoms with Gasteiger partial charge in [-0.2, -0.15) is 0 Å². The maximum atomic E-state index is 12.5. The smallest absolute Gasteiger partial charge is 0.305 e. The molecule has 1 amide bonds. The Kier molecular flexibility index (Phi) is 54.5. The average Bonchev–Trinajstić information content (AvgIpc) is 3.32. The number of carbonyl (C=O) groups excluding carboxylic acids is 2. The number of esters is 1. The lowest BCUT2D eigenvalue weighted by molar-refractivity contribution is -0.143. The van der Waals surface area contributed by atoms with Crippen molar-refractivity contribution in [2.45, 2.75) is 334 Å². The van der Waals surface area contributed by atoms with Crippen LogP contribution in [0.4, 0.5) is 0 Å². The van der Waals surface area contributed by atoms with Crippen LogP contribution in [0.25, 0.3) is 0 Å². The van der Waals surface area contributed by atoms with Crippen molar-refractivity contribution < 1.29 is 24.5 Å². The number of hydrogen-bond donors (Lipinski definition) is 3. The van der Waals surface area contributed by atoms with Gasteiger partial charge in [-0.15, -0.1) is 0 Å². The fraction of sp³-hybridized carbons (Fsp3) is 0.900. The predicted molar refractivity (Wildman–Crippen MR) is 287 cm³/mol. The van der Waals surface area contributed by atoms with Crippen LogP contribution >= 0.6 is 0 Å². The number of allylic oxidation sites excluding steroid dienone is 4. The zero-order valence-corrected chi connectivity index (χ0v) is 44.4. The molecular weight excluding hydrogens is 815 g/mol. The molecule has 0 rings (SSSR count). The lowest BCUT2D eigenvalue weighted by Gasteiger charge is -2.22. The Morgan fingerprint density at radius 2 is 0.712 bits per heavy atom. The quantitative estimate of drug-likeness (QED) is 0.0321. The molecule has 0 aliphatic heterocycles. The number of carbonyl (C=O) groups is 2. The molecule has 0 radical (unpaired) electrons. The van der Waals surface area contributed by atoms with Crippen LogP contribution in [0.3, 0.4) is 0 Å². The number of unbranched alkanes of at least 4 members (excludes halogenated alkanes) is 40. The van der Waals surface area contributed by atoms with Crippen molar-refractivity contribution in [2.24, 2.45) is 0 Å². The third kappa shape index (κ3) is 51.7. The minimum atomic E-state index is -0.667. The molecule has 0 aromatic heterocycles. The molecule has 0 fully saturated rings. The largest absolute Gasteiger partial charge is 0.466 e. The summed E-state index contributed by atoms with van der Waals surface area (Å²) in [5.41, 5.74) is 0. The van der Waals surface area contributed by atoms with E-state index >= 15 is 0 Å². The van der Waals surface area contributed by atoms with Gasteiger partial charge in [-0.3, -0.25) is 9.59 Å². The number of rotatable bonds is 55. The summed E-state index contributed by atoms with van der Waals surface area (Å²) in [7, 11) is 0. The second-order valence-electron chi connectivity index (χ2n) is 20.3. The van der Waals surface area contributed by atoms with Gasteiger partial charge in [0.15, 0.2) is 0 Å². The molecule has 0 heterocycles. The van der Waals surface area contributed by atoms with E-state index in [0.717, 1.165) is 44.9 Å². The minimum absolute atomic E-state index is 0.00148. The van der Waals surface area contributed by atoms with Crippen LogP contribution in [-0.2, 0) is 14.3 Å². The standard InChI is InChI=1S/C60H115NO5/c1-3-5-7-9-11-13-15-17-29-32-36-40-44-48-52-58(63)57(56-62)61-59(64)53-49-45-41-37-33-30-27-25-23-21-19-18-20-22-24-26-28-31-35-39-43-47-51-55-66-60(65)54-50-46-42-38-34-16-14-12-10-8-6-4-2/h12,14,21,23,57-58,62-63H,3-11,13,15-20,22,24-56H2,1-2H3,(H,61,64)/b14-12-,23-21-. The summed E-state index contributed by atoms with van der Waals surface area (Å²) in [5, 5.41) is 23.3. The van der Waals surface area contributed by atoms with Crippen LogP contribution in [0.1, 0.15) is 322 Å². The number of aliphatic hydroxyl groups is 2. The molecule has 0 saturated carbocycles. The Balaban J connectivity index is 3.41. The third-order valence-corrected chi connectivity index (χ3v) is 13.7. The first-order valence-corrected chi connectivity index (χ1v) is 29.6. The van der Waals surface area contributed by atoms with E-state index in [1.807, 2.05) is 0 Å². The van der Waals surface area contributed by atoms with Crippen LogP contribution in [0, 0.1) is 0 Å². The molecule has 0 aromatic carbocycles. The van der Waals surface area contributed by atoms with E-state index in [1.54, 1.807) is 0 Å². The van der Waals surface area contributed by atoms with Crippen molar-refractivity contribution in [3.63, 3.8) is 0 Å². The minimum Gasteiger partial charge on any atom is -0.466 e. The highest BCUT2D eigenvalue weighted by atomic mass is 16.5. The fourth-order valence-electron chi connectivity index (χ4n) is 9.16. The highest BCUT2D eigenvalue weighted by molar-refractivity contribution is 5.76. The molecule has 6 nitrogen and oxygen atoms in total. The van der Waals surface area contributed by atoms with Gasteiger partial charge in [0, 0.05) is 12.8 Å². The zero-order valence-electron chi connectivity index (χ0n) is 44.4. The van der Waals surface area contributed by atoms with Crippen molar-refractivity contribution >= 4 is 11.9 Å². The number of hydrogen-bond acceptors (Lipinski definition) is 5. The van der Waals surface area contributed by atoms with E-state index < -0.39 is 12.1 Å². The Morgan fingerprint density at radius 3 is 1.11 bits per heavy atom. The molecule has 66 heavy (non-hydrogen) atoms. The molecule has 0 saturated heterocycles. The second-order valence-corrected chi connectivity index (χ2v) is 20.3. The topological polar surface area (TPSA) is 95.9 Å². The van der Waals surface area contributed by atoms with E-state index in [9.17, 15) is 19.8 Å². The van der Waals surface area contributed by atoms with E-state index in [2.05, 4.69) is 43.5 Å². The van der Waals surface area contributed by atoms with Crippen molar-refractivity contribution in [1.82, 2.24) is 5.32 Å². The van der Waals surface area contributed by atoms with Gasteiger partial charge < -0.3 is 20.3 Å². The van der Waals surface area contributed by atoms with Crippen LogP contribution in [0.5, 0.6) is 0 Å². The predicted octanol–water partition coefficient (Wildman–Crippen LogP) is 18.2. The van der Waals surface area contributed by atoms with Crippen LogP contribution < -0.4 is 5.32 Å². The van der Waals surface area contributed by atoms with Crippen molar-refractivity contribution in [3.05, 3.63) is 24.3 Å². The first kappa shape index (κ1) is 64.3. The summed E-state index contributed by atoms with van der Waals surface area (Å²) in [4.78, 5) is 24.5. The molecule has 0 aliphatic rings. The SMILES string of the molecule is CCCCC/C=C\CCCCCCCC(=O)OCCCCCCCCCCCCCC/C=C\CCCCCCCCCC(=O)NC(CO)C(O)CCCCCCCCCCCCCCCC. The molecule has 6 heteroatoms. The van der Waals surface area contributed by atoms with Gasteiger partial charge in [-0.05, 0) is 77.0 Å². The summed E-state index contributed by atoms with van der Waals surface area (Å²) < 4.78 is 5.46. The number of ether oxygens (including phenoxy) is 1. The Labute approximate surface area is 411 Å². The zero-order chi connectivity index (χ0) is 47.9. The van der Waals surface area contributed by atoms with E-state index in [1.165, 1.54) is 244 Å². The van der Waals surface area contributed by atoms with Crippen molar-refractivity contribution in [3.8, 4) is 0 Å². The second kappa shape index (κ2) is 55.9. The highest BCUT2D eigenvalue weighted by Gasteiger charge is 2.20. The summed E-state index contributed by atoms with van der Waals surface area (Å²) in [6, 6.07) is -0.545. The summed E-state index contributed by atoms with van der Waals surface area (Å²) in [6.45, 7) is 4.93. The number of amides is 1. The van der Waals surface area contributed by atoms with Crippen LogP contribution in [0.15, 0.2) is 24.3 Å². The van der Waals surface area contributed by atoms with Gasteiger partial charge in [-0.25, -0.2) is 0 Å². The Morgan fingerprint density at radius 1 is 0.409 bits per heavy atom. The molecule has 0 spiro atoms. The summed E-state index contributed by atoms with van der Waals surface area (Å²) in [6.07, 6.45) is 67.5. The highest BCUT2D eigenvalue weighted by Crippen LogP contribution is 2.17. The normalized spacial score (nSPS) is 12.7. The summed E-state index contributed by atoms with van der Waals surface area (Å²) >= 11 is 0. The monoisotopic (exact) mass is 930 g/mol. The van der Waals surface area contributed by atoms with Crippen molar-refractivity contribution in [1.29, 1.82) is 0 Å². The Bertz CT molecular complexity index is 1030. The first-order chi connectivity index (χ1) is 32.5. The maximum Gasteiger partial charge on any atom is 0.305 e. The molecule has 0 bridgehead atoms. The van der Waals surface area contributed by atoms with E-state index in [0.29, 0.717) is 25.9 Å². The van der Waals surface area contributed by atoms with Gasteiger partial charge >= 0.3 is 5.97 Å². The number of nitrogens with one attached hydrogen (secondary N) is 1.